The molecule has 0 amide bonds. The maximum absolute atomic E-state index is 13.6. The van der Waals surface area contributed by atoms with Crippen LogP contribution >= 0.6 is 0 Å². The number of hydrogen-bond donors (Lipinski definition) is 1. The summed E-state index contributed by atoms with van der Waals surface area (Å²) < 4.78 is 33.1. The lowest BCUT2D eigenvalue weighted by Gasteiger charge is -2.41. The van der Waals surface area contributed by atoms with Gasteiger partial charge in [0.15, 0.2) is 11.6 Å². The average molecular weight is 313 g/mol. The number of hydrogen-bond acceptors (Lipinski definition) is 2. The highest BCUT2D eigenvalue weighted by molar-refractivity contribution is 5.71. The largest absolute Gasteiger partial charge is 0.463 e. The predicted octanol–water partition coefficient (Wildman–Crippen LogP) is 4.78. The molecule has 4 heteroatoms. The second kappa shape index (κ2) is 4.34. The SMILES string of the molecule is Cc1ccc2c(c1)C(C)(C)C1(C=Cc3cc(F)c(F)cc3O1)N2. The molecule has 0 aromatic heterocycles. The van der Waals surface area contributed by atoms with E-state index < -0.39 is 17.4 Å². The Morgan fingerprint density at radius 2 is 1.78 bits per heavy atom. The van der Waals surface area contributed by atoms with Crippen molar-refractivity contribution in [3.8, 4) is 5.75 Å². The Labute approximate surface area is 133 Å². The monoisotopic (exact) mass is 313 g/mol. The van der Waals surface area contributed by atoms with E-state index in [0.29, 0.717) is 11.3 Å². The van der Waals surface area contributed by atoms with Crippen molar-refractivity contribution < 1.29 is 13.5 Å². The first-order valence-electron chi connectivity index (χ1n) is 7.59. The molecule has 1 spiro atoms. The van der Waals surface area contributed by atoms with Gasteiger partial charge in [0.2, 0.25) is 5.72 Å². The van der Waals surface area contributed by atoms with Gasteiger partial charge in [-0.05, 0) is 50.6 Å². The van der Waals surface area contributed by atoms with E-state index >= 15 is 0 Å². The minimum Gasteiger partial charge on any atom is -0.463 e. The van der Waals surface area contributed by atoms with Crippen LogP contribution in [-0.2, 0) is 5.41 Å². The van der Waals surface area contributed by atoms with Crippen LogP contribution in [0.1, 0.15) is 30.5 Å². The predicted molar refractivity (Wildman–Crippen MR) is 86.6 cm³/mol. The Balaban J connectivity index is 1.84. The van der Waals surface area contributed by atoms with E-state index in [1.807, 2.05) is 25.1 Å². The van der Waals surface area contributed by atoms with Gasteiger partial charge in [-0.25, -0.2) is 8.78 Å². The highest BCUT2D eigenvalue weighted by Crippen LogP contribution is 2.51. The van der Waals surface area contributed by atoms with Crippen molar-refractivity contribution in [1.29, 1.82) is 0 Å². The molecule has 0 aliphatic carbocycles. The molecule has 23 heavy (non-hydrogen) atoms. The number of benzene rings is 2. The molecule has 0 saturated heterocycles. The van der Waals surface area contributed by atoms with Gasteiger partial charge < -0.3 is 10.1 Å². The Hall–Kier alpha value is -2.36. The van der Waals surface area contributed by atoms with E-state index in [9.17, 15) is 8.78 Å². The van der Waals surface area contributed by atoms with Crippen LogP contribution in [-0.4, -0.2) is 5.72 Å². The van der Waals surface area contributed by atoms with Crippen molar-refractivity contribution in [1.82, 2.24) is 0 Å². The second-order valence-corrected chi connectivity index (χ2v) is 6.77. The normalized spacial score (nSPS) is 23.2. The first-order chi connectivity index (χ1) is 10.8. The number of halogens is 2. The molecule has 0 fully saturated rings. The number of aryl methyl sites for hydroxylation is 1. The molecule has 1 unspecified atom stereocenters. The van der Waals surface area contributed by atoms with Crippen LogP contribution in [0.5, 0.6) is 5.75 Å². The smallest absolute Gasteiger partial charge is 0.209 e. The molecule has 2 aliphatic rings. The summed E-state index contributed by atoms with van der Waals surface area (Å²) in [4.78, 5) is 0. The van der Waals surface area contributed by atoms with E-state index in [1.165, 1.54) is 5.56 Å². The molecule has 2 nitrogen and oxygen atoms in total. The van der Waals surface area contributed by atoms with Crippen LogP contribution in [0, 0.1) is 18.6 Å². The molecular weight excluding hydrogens is 296 g/mol. The van der Waals surface area contributed by atoms with Crippen LogP contribution < -0.4 is 10.1 Å². The van der Waals surface area contributed by atoms with Gasteiger partial charge in [-0.3, -0.25) is 0 Å². The average Bonchev–Trinajstić information content (AvgIpc) is 2.69. The van der Waals surface area contributed by atoms with Crippen molar-refractivity contribution in [2.24, 2.45) is 0 Å². The Kier molecular flexibility index (Phi) is 2.69. The summed E-state index contributed by atoms with van der Waals surface area (Å²) in [6.07, 6.45) is 3.68. The topological polar surface area (TPSA) is 21.3 Å². The Morgan fingerprint density at radius 3 is 2.57 bits per heavy atom. The van der Waals surface area contributed by atoms with Crippen LogP contribution in [0.3, 0.4) is 0 Å². The summed E-state index contributed by atoms with van der Waals surface area (Å²) in [7, 11) is 0. The summed E-state index contributed by atoms with van der Waals surface area (Å²) in [5, 5.41) is 3.42. The third-order valence-electron chi connectivity index (χ3n) is 4.92. The van der Waals surface area contributed by atoms with Crippen LogP contribution in [0.2, 0.25) is 0 Å². The van der Waals surface area contributed by atoms with Crippen molar-refractivity contribution in [2.75, 3.05) is 5.32 Å². The molecule has 0 bridgehead atoms. The summed E-state index contributed by atoms with van der Waals surface area (Å²) in [6, 6.07) is 8.47. The fourth-order valence-electron chi connectivity index (χ4n) is 3.42. The van der Waals surface area contributed by atoms with E-state index in [1.54, 1.807) is 6.08 Å². The number of fused-ring (bicyclic) bond motifs is 2. The van der Waals surface area contributed by atoms with E-state index in [-0.39, 0.29) is 5.41 Å². The zero-order valence-electron chi connectivity index (χ0n) is 13.2. The lowest BCUT2D eigenvalue weighted by molar-refractivity contribution is 0.0817. The van der Waals surface area contributed by atoms with Crippen LogP contribution in [0.25, 0.3) is 6.08 Å². The molecule has 2 aromatic rings. The van der Waals surface area contributed by atoms with Crippen molar-refractivity contribution >= 4 is 11.8 Å². The van der Waals surface area contributed by atoms with E-state index in [4.69, 9.17) is 4.74 Å². The number of ether oxygens (including phenoxy) is 1. The summed E-state index contributed by atoms with van der Waals surface area (Å²) in [5.41, 5.74) is 2.67. The van der Waals surface area contributed by atoms with E-state index in [2.05, 4.69) is 25.2 Å². The molecule has 4 rings (SSSR count). The lowest BCUT2D eigenvalue weighted by atomic mass is 9.76. The fourth-order valence-corrected chi connectivity index (χ4v) is 3.42. The zero-order chi connectivity index (χ0) is 16.4. The first kappa shape index (κ1) is 14.2. The van der Waals surface area contributed by atoms with Gasteiger partial charge in [0.1, 0.15) is 5.75 Å². The molecular formula is C19H17F2NO. The summed E-state index contributed by atoms with van der Waals surface area (Å²) >= 11 is 0. The molecule has 2 aliphatic heterocycles. The Bertz CT molecular complexity index is 857. The summed E-state index contributed by atoms with van der Waals surface area (Å²) in [6.45, 7) is 6.22. The maximum Gasteiger partial charge on any atom is 0.209 e. The molecule has 0 radical (unpaired) electrons. The number of nitrogens with one attached hydrogen (secondary N) is 1. The zero-order valence-corrected chi connectivity index (χ0v) is 13.2. The Morgan fingerprint density at radius 1 is 1.04 bits per heavy atom. The lowest BCUT2D eigenvalue weighted by Crippen LogP contribution is -2.53. The highest BCUT2D eigenvalue weighted by Gasteiger charge is 2.54. The minimum atomic E-state index is -0.904. The van der Waals surface area contributed by atoms with Crippen molar-refractivity contribution in [3.63, 3.8) is 0 Å². The molecule has 1 N–H and O–H groups in total. The van der Waals surface area contributed by atoms with Gasteiger partial charge in [-0.1, -0.05) is 17.7 Å². The van der Waals surface area contributed by atoms with E-state index in [0.717, 1.165) is 23.4 Å². The standard InChI is InChI=1S/C19H17F2NO/c1-11-4-5-16-13(8-11)18(2,3)19(22-16)7-6-12-9-14(20)15(21)10-17(12)23-19/h4-10,22H,1-3H3. The molecule has 118 valence electrons. The third-order valence-corrected chi connectivity index (χ3v) is 4.92. The van der Waals surface area contributed by atoms with Gasteiger partial charge in [-0.15, -0.1) is 0 Å². The molecule has 1 atom stereocenters. The van der Waals surface area contributed by atoms with Crippen LogP contribution in [0.4, 0.5) is 14.5 Å². The number of rotatable bonds is 0. The van der Waals surface area contributed by atoms with Crippen LogP contribution in [0.15, 0.2) is 36.4 Å². The maximum atomic E-state index is 13.6. The van der Waals surface area contributed by atoms with Crippen molar-refractivity contribution in [3.05, 3.63) is 64.7 Å². The highest BCUT2D eigenvalue weighted by atomic mass is 19.2. The third kappa shape index (κ3) is 1.84. The molecule has 2 aromatic carbocycles. The van der Waals surface area contributed by atoms with Gasteiger partial charge in [-0.2, -0.15) is 0 Å². The van der Waals surface area contributed by atoms with Crippen molar-refractivity contribution in [2.45, 2.75) is 31.9 Å². The first-order valence-corrected chi connectivity index (χ1v) is 7.59. The molecule has 0 saturated carbocycles. The fraction of sp³-hybridized carbons (Fsp3) is 0.263. The second-order valence-electron chi connectivity index (χ2n) is 6.77. The number of anilines is 1. The quantitative estimate of drug-likeness (QED) is 0.756. The van der Waals surface area contributed by atoms with Gasteiger partial charge in [0, 0.05) is 17.3 Å². The van der Waals surface area contributed by atoms with Gasteiger partial charge in [0.05, 0.1) is 5.41 Å². The minimum absolute atomic E-state index is 0.344. The molecule has 2 heterocycles. The van der Waals surface area contributed by atoms with Gasteiger partial charge in [0.25, 0.3) is 0 Å². The summed E-state index contributed by atoms with van der Waals surface area (Å²) in [5.74, 6) is -1.43. The van der Waals surface area contributed by atoms with Gasteiger partial charge >= 0.3 is 0 Å².